The van der Waals surface area contributed by atoms with Gasteiger partial charge in [-0.15, -0.1) is 10.2 Å². The molecule has 1 aromatic rings. The lowest BCUT2D eigenvalue weighted by Crippen LogP contribution is -2.52. The number of urea groups is 1. The van der Waals surface area contributed by atoms with Crippen LogP contribution in [0.1, 0.15) is 31.6 Å². The lowest BCUT2D eigenvalue weighted by molar-refractivity contribution is 0.174. The second kappa shape index (κ2) is 6.61. The number of amides is 2. The fourth-order valence-corrected chi connectivity index (χ4v) is 3.38. The zero-order valence-corrected chi connectivity index (χ0v) is 13.8. The van der Waals surface area contributed by atoms with Crippen LogP contribution in [0.3, 0.4) is 0 Å². The zero-order chi connectivity index (χ0) is 16.3. The number of sulfonamides is 1. The molecule has 22 heavy (non-hydrogen) atoms. The van der Waals surface area contributed by atoms with Crippen LogP contribution in [0.2, 0.25) is 0 Å². The molecule has 10 heteroatoms. The number of carbonyl (C=O) groups excluding carboxylic acids is 1. The Bertz CT molecular complexity index is 629. The molecule has 0 radical (unpaired) electrons. The van der Waals surface area contributed by atoms with Crippen LogP contribution in [-0.2, 0) is 17.1 Å². The number of hydrogen-bond donors (Lipinski definition) is 2. The van der Waals surface area contributed by atoms with Gasteiger partial charge in [0.2, 0.25) is 10.0 Å². The maximum absolute atomic E-state index is 12.3. The van der Waals surface area contributed by atoms with E-state index >= 15 is 0 Å². The molecule has 9 nitrogen and oxygen atoms in total. The molecule has 1 fully saturated rings. The highest BCUT2D eigenvalue weighted by atomic mass is 32.2. The first-order valence-electron chi connectivity index (χ1n) is 7.13. The van der Waals surface area contributed by atoms with E-state index in [-0.39, 0.29) is 18.1 Å². The highest BCUT2D eigenvalue weighted by Crippen LogP contribution is 2.13. The molecule has 2 heterocycles. The molecule has 1 aliphatic heterocycles. The minimum Gasteiger partial charge on any atom is -0.328 e. The molecule has 0 aromatic carbocycles. The maximum Gasteiger partial charge on any atom is 0.318 e. The van der Waals surface area contributed by atoms with Gasteiger partial charge in [-0.3, -0.25) is 0 Å². The summed E-state index contributed by atoms with van der Waals surface area (Å²) in [5.74, 6) is 0.663. The van der Waals surface area contributed by atoms with Crippen molar-refractivity contribution in [3.8, 4) is 0 Å². The van der Waals surface area contributed by atoms with Crippen LogP contribution in [0.4, 0.5) is 4.79 Å². The van der Waals surface area contributed by atoms with Crippen LogP contribution in [0, 0.1) is 0 Å². The van der Waals surface area contributed by atoms with Gasteiger partial charge >= 0.3 is 6.03 Å². The maximum atomic E-state index is 12.3. The summed E-state index contributed by atoms with van der Waals surface area (Å²) in [6, 6.07) is -0.738. The third-order valence-corrected chi connectivity index (χ3v) is 4.32. The standard InChI is InChI=1S/C12H22N6O3S/c1-9(11-15-13-8-17(11)2)14-12(19)18-6-4-5-10(7-18)16-22(3,20)21/h8-10,16H,4-7H2,1-3H3,(H,14,19). The predicted molar refractivity (Wildman–Crippen MR) is 80.5 cm³/mol. The molecule has 0 saturated carbocycles. The summed E-state index contributed by atoms with van der Waals surface area (Å²) in [6.45, 7) is 2.81. The number of aryl methyl sites for hydroxylation is 1. The van der Waals surface area contributed by atoms with Crippen molar-refractivity contribution in [2.24, 2.45) is 7.05 Å². The largest absolute Gasteiger partial charge is 0.328 e. The average molecular weight is 330 g/mol. The van der Waals surface area contributed by atoms with Crippen LogP contribution < -0.4 is 10.0 Å². The molecule has 2 N–H and O–H groups in total. The van der Waals surface area contributed by atoms with Crippen molar-refractivity contribution in [2.75, 3.05) is 19.3 Å². The quantitative estimate of drug-likeness (QED) is 0.781. The highest BCUT2D eigenvalue weighted by molar-refractivity contribution is 7.88. The molecule has 2 amide bonds. The second-order valence-corrected chi connectivity index (χ2v) is 7.43. The summed E-state index contributed by atoms with van der Waals surface area (Å²) >= 11 is 0. The normalized spacial score (nSPS) is 20.7. The number of nitrogens with one attached hydrogen (secondary N) is 2. The Morgan fingerprint density at radius 1 is 1.50 bits per heavy atom. The molecule has 2 atom stereocenters. The minimum atomic E-state index is -3.27. The lowest BCUT2D eigenvalue weighted by atomic mass is 10.1. The van der Waals surface area contributed by atoms with Crippen molar-refractivity contribution < 1.29 is 13.2 Å². The SMILES string of the molecule is CC(NC(=O)N1CCCC(NS(C)(=O)=O)C1)c1nncn1C. The van der Waals surface area contributed by atoms with Crippen molar-refractivity contribution in [1.82, 2.24) is 29.7 Å². The van der Waals surface area contributed by atoms with E-state index in [2.05, 4.69) is 20.2 Å². The van der Waals surface area contributed by atoms with E-state index < -0.39 is 10.0 Å². The Labute approximate surface area is 130 Å². The Kier molecular flexibility index (Phi) is 5.01. The first-order valence-corrected chi connectivity index (χ1v) is 9.02. The third kappa shape index (κ3) is 4.41. The minimum absolute atomic E-state index is 0.226. The van der Waals surface area contributed by atoms with Crippen LogP contribution in [0.25, 0.3) is 0 Å². The summed E-state index contributed by atoms with van der Waals surface area (Å²) in [4.78, 5) is 13.9. The summed E-state index contributed by atoms with van der Waals surface area (Å²) in [5.41, 5.74) is 0. The van der Waals surface area contributed by atoms with Gasteiger partial charge in [-0.25, -0.2) is 17.9 Å². The highest BCUT2D eigenvalue weighted by Gasteiger charge is 2.26. The van der Waals surface area contributed by atoms with Gasteiger partial charge < -0.3 is 14.8 Å². The van der Waals surface area contributed by atoms with Crippen LogP contribution in [0.5, 0.6) is 0 Å². The van der Waals surface area contributed by atoms with E-state index in [1.807, 2.05) is 14.0 Å². The average Bonchev–Trinajstić information content (AvgIpc) is 2.83. The van der Waals surface area contributed by atoms with Gasteiger partial charge in [0, 0.05) is 26.2 Å². The first-order chi connectivity index (χ1) is 10.3. The molecule has 2 unspecified atom stereocenters. The molecule has 1 aromatic heterocycles. The summed E-state index contributed by atoms with van der Waals surface area (Å²) in [7, 11) is -1.46. The van der Waals surface area contributed by atoms with E-state index in [1.165, 1.54) is 0 Å². The van der Waals surface area contributed by atoms with Crippen LogP contribution in [0.15, 0.2) is 6.33 Å². The van der Waals surface area contributed by atoms with E-state index in [9.17, 15) is 13.2 Å². The number of likely N-dealkylation sites (tertiary alicyclic amines) is 1. The number of hydrogen-bond acceptors (Lipinski definition) is 5. The van der Waals surface area contributed by atoms with Crippen molar-refractivity contribution >= 4 is 16.1 Å². The fourth-order valence-electron chi connectivity index (χ4n) is 2.59. The van der Waals surface area contributed by atoms with Crippen molar-refractivity contribution in [3.05, 3.63) is 12.2 Å². The molecule has 0 bridgehead atoms. The summed E-state index contributed by atoms with van der Waals surface area (Å²) in [6.07, 6.45) is 4.20. The molecule has 2 rings (SSSR count). The van der Waals surface area contributed by atoms with E-state index in [0.29, 0.717) is 18.9 Å². The van der Waals surface area contributed by atoms with Gasteiger partial charge in [0.15, 0.2) is 5.82 Å². The Morgan fingerprint density at radius 3 is 2.82 bits per heavy atom. The molecule has 124 valence electrons. The number of nitrogens with zero attached hydrogens (tertiary/aromatic N) is 4. The van der Waals surface area contributed by atoms with Gasteiger partial charge in [-0.1, -0.05) is 0 Å². The van der Waals surface area contributed by atoms with Crippen molar-refractivity contribution in [3.63, 3.8) is 0 Å². The van der Waals surface area contributed by atoms with E-state index in [4.69, 9.17) is 0 Å². The summed E-state index contributed by atoms with van der Waals surface area (Å²) in [5, 5.41) is 10.6. The molecule has 0 spiro atoms. The Balaban J connectivity index is 1.93. The Morgan fingerprint density at radius 2 is 2.23 bits per heavy atom. The third-order valence-electron chi connectivity index (χ3n) is 3.56. The van der Waals surface area contributed by atoms with Gasteiger partial charge in [0.25, 0.3) is 0 Å². The van der Waals surface area contributed by atoms with Gasteiger partial charge in [-0.05, 0) is 19.8 Å². The molecule has 1 saturated heterocycles. The van der Waals surface area contributed by atoms with E-state index in [0.717, 1.165) is 19.1 Å². The molecular formula is C12H22N6O3S. The number of piperidine rings is 1. The topological polar surface area (TPSA) is 109 Å². The van der Waals surface area contributed by atoms with Gasteiger partial charge in [0.1, 0.15) is 6.33 Å². The number of rotatable bonds is 4. The van der Waals surface area contributed by atoms with Crippen molar-refractivity contribution in [1.29, 1.82) is 0 Å². The lowest BCUT2D eigenvalue weighted by Gasteiger charge is -2.33. The fraction of sp³-hybridized carbons (Fsp3) is 0.750. The van der Waals surface area contributed by atoms with Crippen molar-refractivity contribution in [2.45, 2.75) is 31.8 Å². The second-order valence-electron chi connectivity index (χ2n) is 5.65. The molecule has 0 aliphatic carbocycles. The number of aromatic nitrogens is 3. The Hall–Kier alpha value is -1.68. The molecule has 1 aliphatic rings. The summed E-state index contributed by atoms with van der Waals surface area (Å²) < 4.78 is 26.9. The van der Waals surface area contributed by atoms with Crippen LogP contribution in [-0.4, -0.2) is 59.5 Å². The number of carbonyl (C=O) groups is 1. The monoisotopic (exact) mass is 330 g/mol. The van der Waals surface area contributed by atoms with Gasteiger partial charge in [0.05, 0.1) is 12.3 Å². The predicted octanol–water partition coefficient (Wildman–Crippen LogP) is -0.401. The zero-order valence-electron chi connectivity index (χ0n) is 13.0. The smallest absolute Gasteiger partial charge is 0.318 e. The first kappa shape index (κ1) is 16.7. The van der Waals surface area contributed by atoms with Gasteiger partial charge in [-0.2, -0.15) is 0 Å². The van der Waals surface area contributed by atoms with E-state index in [1.54, 1.807) is 15.8 Å². The van der Waals surface area contributed by atoms with Crippen LogP contribution >= 0.6 is 0 Å². The molecular weight excluding hydrogens is 308 g/mol.